The molecule has 7 heteroatoms. The lowest BCUT2D eigenvalue weighted by Crippen LogP contribution is -2.57. The van der Waals surface area contributed by atoms with Gasteiger partial charge in [0.1, 0.15) is 18.0 Å². The Hall–Kier alpha value is -2.38. The molecular formula is C26H36N2O5. The fourth-order valence-corrected chi connectivity index (χ4v) is 5.20. The van der Waals surface area contributed by atoms with Crippen LogP contribution in [0.2, 0.25) is 0 Å². The van der Waals surface area contributed by atoms with E-state index in [1.165, 1.54) is 0 Å². The summed E-state index contributed by atoms with van der Waals surface area (Å²) in [6.45, 7) is 2.70. The minimum Gasteiger partial charge on any atom is -0.486 e. The molecule has 33 heavy (non-hydrogen) atoms. The molecule has 3 N–H and O–H groups in total. The number of para-hydroxylation sites is 1. The van der Waals surface area contributed by atoms with Gasteiger partial charge in [-0.3, -0.25) is 9.59 Å². The summed E-state index contributed by atoms with van der Waals surface area (Å²) < 4.78 is 6.15. The van der Waals surface area contributed by atoms with Crippen LogP contribution in [-0.2, 0) is 9.59 Å². The van der Waals surface area contributed by atoms with Crippen molar-refractivity contribution in [1.29, 1.82) is 0 Å². The highest BCUT2D eigenvalue weighted by Gasteiger charge is 2.50. The summed E-state index contributed by atoms with van der Waals surface area (Å²) in [6.07, 6.45) is 7.12. The van der Waals surface area contributed by atoms with Gasteiger partial charge in [-0.1, -0.05) is 50.8 Å². The Morgan fingerprint density at radius 3 is 2.67 bits per heavy atom. The maximum absolute atomic E-state index is 13.4. The molecular weight excluding hydrogens is 420 g/mol. The van der Waals surface area contributed by atoms with Crippen molar-refractivity contribution in [2.24, 2.45) is 5.92 Å². The maximum atomic E-state index is 13.4. The first-order valence-electron chi connectivity index (χ1n) is 12.4. The van der Waals surface area contributed by atoms with E-state index in [9.17, 15) is 19.8 Å². The molecule has 1 aliphatic heterocycles. The SMILES string of the molecule is CCCCCCN(C(=O)C1CCC1)[C@@H]1C=C(C(=O)NCCO)[C@@H]2c3ccccc3O[C@@H]2[C@H]1O. The number of ether oxygens (including phenoxy) is 1. The molecule has 0 spiro atoms. The highest BCUT2D eigenvalue weighted by atomic mass is 16.5. The summed E-state index contributed by atoms with van der Waals surface area (Å²) >= 11 is 0. The fourth-order valence-electron chi connectivity index (χ4n) is 5.20. The Labute approximate surface area is 195 Å². The van der Waals surface area contributed by atoms with Crippen LogP contribution in [0.1, 0.15) is 63.4 Å². The third-order valence-electron chi connectivity index (χ3n) is 7.23. The number of benzene rings is 1. The van der Waals surface area contributed by atoms with Gasteiger partial charge in [0, 0.05) is 30.1 Å². The molecule has 180 valence electrons. The molecule has 7 nitrogen and oxygen atoms in total. The molecule has 0 aromatic heterocycles. The van der Waals surface area contributed by atoms with E-state index in [2.05, 4.69) is 12.2 Å². The van der Waals surface area contributed by atoms with E-state index in [4.69, 9.17) is 4.74 Å². The number of nitrogens with one attached hydrogen (secondary N) is 1. The second-order valence-electron chi connectivity index (χ2n) is 9.40. The molecule has 4 atom stereocenters. The van der Waals surface area contributed by atoms with Crippen molar-refractivity contribution in [3.8, 4) is 5.75 Å². The minimum atomic E-state index is -0.938. The summed E-state index contributed by atoms with van der Waals surface area (Å²) in [7, 11) is 0. The van der Waals surface area contributed by atoms with Crippen molar-refractivity contribution < 1.29 is 24.5 Å². The van der Waals surface area contributed by atoms with Crippen LogP contribution in [0.25, 0.3) is 0 Å². The highest BCUT2D eigenvalue weighted by Crippen LogP contribution is 2.47. The van der Waals surface area contributed by atoms with Gasteiger partial charge in [0.25, 0.3) is 0 Å². The number of rotatable bonds is 10. The van der Waals surface area contributed by atoms with Crippen molar-refractivity contribution in [1.82, 2.24) is 10.2 Å². The van der Waals surface area contributed by atoms with Crippen molar-refractivity contribution in [2.45, 2.75) is 76.0 Å². The van der Waals surface area contributed by atoms with E-state index >= 15 is 0 Å². The Kier molecular flexibility index (Phi) is 7.71. The number of carbonyl (C=O) groups is 2. The zero-order valence-corrected chi connectivity index (χ0v) is 19.4. The quantitative estimate of drug-likeness (QED) is 0.470. The van der Waals surface area contributed by atoms with Gasteiger partial charge in [-0.05, 0) is 31.4 Å². The first-order chi connectivity index (χ1) is 16.1. The van der Waals surface area contributed by atoms with Crippen LogP contribution in [0.5, 0.6) is 5.75 Å². The number of carbonyl (C=O) groups excluding carboxylic acids is 2. The minimum absolute atomic E-state index is 0.00265. The number of fused-ring (bicyclic) bond motifs is 3. The van der Waals surface area contributed by atoms with Crippen LogP contribution in [0.15, 0.2) is 35.9 Å². The van der Waals surface area contributed by atoms with Crippen LogP contribution in [0.3, 0.4) is 0 Å². The number of hydrogen-bond donors (Lipinski definition) is 3. The average molecular weight is 457 g/mol. The van der Waals surface area contributed by atoms with Gasteiger partial charge in [0.2, 0.25) is 11.8 Å². The predicted molar refractivity (Wildman–Crippen MR) is 125 cm³/mol. The van der Waals surface area contributed by atoms with Crippen molar-refractivity contribution in [3.05, 3.63) is 41.5 Å². The van der Waals surface area contributed by atoms with Crippen LogP contribution in [0.4, 0.5) is 0 Å². The van der Waals surface area contributed by atoms with Crippen molar-refractivity contribution >= 4 is 11.8 Å². The third-order valence-corrected chi connectivity index (χ3v) is 7.23. The molecule has 2 aliphatic carbocycles. The predicted octanol–water partition coefficient (Wildman–Crippen LogP) is 2.52. The molecule has 3 aliphatic rings. The van der Waals surface area contributed by atoms with Crippen LogP contribution in [0, 0.1) is 5.92 Å². The molecule has 0 saturated heterocycles. The van der Waals surface area contributed by atoms with Gasteiger partial charge in [-0.25, -0.2) is 0 Å². The van der Waals surface area contributed by atoms with Gasteiger partial charge < -0.3 is 25.2 Å². The van der Waals surface area contributed by atoms with Gasteiger partial charge in [0.05, 0.1) is 18.6 Å². The van der Waals surface area contributed by atoms with Gasteiger partial charge in [0.15, 0.2) is 0 Å². The first-order valence-corrected chi connectivity index (χ1v) is 12.4. The molecule has 1 aromatic rings. The van der Waals surface area contributed by atoms with Crippen LogP contribution in [-0.4, -0.2) is 64.9 Å². The summed E-state index contributed by atoms with van der Waals surface area (Å²) in [4.78, 5) is 28.3. The number of unbranched alkanes of at least 4 members (excludes halogenated alkanes) is 3. The Morgan fingerprint density at radius 1 is 1.18 bits per heavy atom. The van der Waals surface area contributed by atoms with E-state index in [-0.39, 0.29) is 30.9 Å². The second kappa shape index (κ2) is 10.7. The number of nitrogens with zero attached hydrogens (tertiary/aromatic N) is 1. The van der Waals surface area contributed by atoms with Crippen molar-refractivity contribution in [2.75, 3.05) is 19.7 Å². The lowest BCUT2D eigenvalue weighted by atomic mass is 9.76. The second-order valence-corrected chi connectivity index (χ2v) is 9.40. The molecule has 2 amide bonds. The number of amides is 2. The molecule has 0 bridgehead atoms. The van der Waals surface area contributed by atoms with Gasteiger partial charge >= 0.3 is 0 Å². The lowest BCUT2D eigenvalue weighted by Gasteiger charge is -2.43. The van der Waals surface area contributed by atoms with E-state index in [0.717, 1.165) is 50.5 Å². The summed E-state index contributed by atoms with van der Waals surface area (Å²) in [5.74, 6) is 0.0306. The number of aliphatic hydroxyl groups excluding tert-OH is 2. The van der Waals surface area contributed by atoms with Crippen molar-refractivity contribution in [3.63, 3.8) is 0 Å². The van der Waals surface area contributed by atoms with Crippen LogP contribution >= 0.6 is 0 Å². The fraction of sp³-hybridized carbons (Fsp3) is 0.615. The largest absolute Gasteiger partial charge is 0.486 e. The van der Waals surface area contributed by atoms with E-state index in [0.29, 0.717) is 17.9 Å². The molecule has 1 heterocycles. The molecule has 4 rings (SSSR count). The standard InChI is InChI=1S/C26H36N2O5/c1-2-3-4-7-14-28(26(32)17-9-8-10-17)20-16-19(25(31)27-13-15-29)22-18-11-5-6-12-21(18)33-24(22)23(20)30/h5-6,11-12,16-17,20,22-24,29-30H,2-4,7-10,13-15H2,1H3,(H,27,31)/t20-,22+,23+,24+/m1/s1. The molecule has 1 aromatic carbocycles. The number of aliphatic hydroxyl groups is 2. The lowest BCUT2D eigenvalue weighted by molar-refractivity contribution is -0.144. The van der Waals surface area contributed by atoms with E-state index in [1.807, 2.05) is 24.3 Å². The molecule has 0 unspecified atom stereocenters. The smallest absolute Gasteiger partial charge is 0.247 e. The van der Waals surface area contributed by atoms with E-state index < -0.39 is 24.2 Å². The molecule has 0 radical (unpaired) electrons. The average Bonchev–Trinajstić information content (AvgIpc) is 3.17. The first kappa shape index (κ1) is 23.8. The monoisotopic (exact) mass is 456 g/mol. The normalized spacial score (nSPS) is 25.8. The van der Waals surface area contributed by atoms with Gasteiger partial charge in [-0.15, -0.1) is 0 Å². The maximum Gasteiger partial charge on any atom is 0.247 e. The van der Waals surface area contributed by atoms with Gasteiger partial charge in [-0.2, -0.15) is 0 Å². The zero-order chi connectivity index (χ0) is 23.4. The Balaban J connectivity index is 1.67. The Bertz CT molecular complexity index is 881. The van der Waals surface area contributed by atoms with E-state index in [1.54, 1.807) is 11.0 Å². The molecule has 1 fully saturated rings. The summed E-state index contributed by atoms with van der Waals surface area (Å²) in [5, 5.41) is 23.4. The highest BCUT2D eigenvalue weighted by molar-refractivity contribution is 5.96. The third kappa shape index (κ3) is 4.80. The summed E-state index contributed by atoms with van der Waals surface area (Å²) in [6, 6.07) is 6.91. The molecule has 1 saturated carbocycles. The Morgan fingerprint density at radius 2 is 1.97 bits per heavy atom. The zero-order valence-electron chi connectivity index (χ0n) is 19.4. The number of hydrogen-bond acceptors (Lipinski definition) is 5. The topological polar surface area (TPSA) is 99.1 Å². The summed E-state index contributed by atoms with van der Waals surface area (Å²) in [5.41, 5.74) is 1.36. The van der Waals surface area contributed by atoms with Crippen LogP contribution < -0.4 is 10.1 Å².